The van der Waals surface area contributed by atoms with Crippen LogP contribution < -0.4 is 11.1 Å². The van der Waals surface area contributed by atoms with Gasteiger partial charge in [0.15, 0.2) is 0 Å². The molecule has 126 valence electrons. The van der Waals surface area contributed by atoms with Crippen LogP contribution in [0.2, 0.25) is 0 Å². The summed E-state index contributed by atoms with van der Waals surface area (Å²) in [5.41, 5.74) is 8.10. The number of benzene rings is 1. The third-order valence-corrected chi connectivity index (χ3v) is 5.67. The highest BCUT2D eigenvalue weighted by atomic mass is 16.1. The first kappa shape index (κ1) is 15.4. The second kappa shape index (κ2) is 6.40. The zero-order valence-corrected chi connectivity index (χ0v) is 13.8. The molecule has 24 heavy (non-hydrogen) atoms. The molecule has 2 aromatic rings. The molecule has 1 aromatic heterocycles. The maximum atomic E-state index is 12.7. The number of rotatable bonds is 3. The van der Waals surface area contributed by atoms with Crippen LogP contribution in [0.5, 0.6) is 0 Å². The van der Waals surface area contributed by atoms with Crippen LogP contribution in [0.4, 0.5) is 5.69 Å². The average Bonchev–Trinajstić information content (AvgIpc) is 3.09. The molecule has 4 rings (SSSR count). The molecule has 1 heterocycles. The fourth-order valence-corrected chi connectivity index (χ4v) is 4.40. The Morgan fingerprint density at radius 3 is 2.71 bits per heavy atom. The molecule has 1 amide bonds. The molecule has 0 aliphatic heterocycles. The van der Waals surface area contributed by atoms with Crippen LogP contribution >= 0.6 is 0 Å². The van der Waals surface area contributed by atoms with E-state index in [1.54, 1.807) is 10.9 Å². The van der Waals surface area contributed by atoms with Gasteiger partial charge in [-0.2, -0.15) is 5.10 Å². The minimum Gasteiger partial charge on any atom is -0.327 e. The number of hydrogen-bond acceptors (Lipinski definition) is 3. The molecule has 0 saturated heterocycles. The van der Waals surface area contributed by atoms with E-state index in [2.05, 4.69) is 10.4 Å². The van der Waals surface area contributed by atoms with Crippen molar-refractivity contribution in [2.45, 2.75) is 38.1 Å². The number of amides is 1. The molecule has 2 aliphatic carbocycles. The second-order valence-electron chi connectivity index (χ2n) is 7.19. The average molecular weight is 324 g/mol. The van der Waals surface area contributed by atoms with Gasteiger partial charge in [-0.25, -0.2) is 4.68 Å². The quantitative estimate of drug-likeness (QED) is 0.911. The van der Waals surface area contributed by atoms with E-state index in [1.807, 2.05) is 36.5 Å². The second-order valence-corrected chi connectivity index (χ2v) is 7.19. The van der Waals surface area contributed by atoms with E-state index in [0.717, 1.165) is 24.2 Å². The van der Waals surface area contributed by atoms with Crippen molar-refractivity contribution in [3.63, 3.8) is 0 Å². The highest BCUT2D eigenvalue weighted by molar-refractivity contribution is 5.92. The molecule has 5 nitrogen and oxygen atoms in total. The normalized spacial score (nSPS) is 29.2. The van der Waals surface area contributed by atoms with Crippen molar-refractivity contribution in [2.24, 2.45) is 23.5 Å². The van der Waals surface area contributed by atoms with Gasteiger partial charge >= 0.3 is 0 Å². The van der Waals surface area contributed by atoms with Crippen LogP contribution in [0.3, 0.4) is 0 Å². The van der Waals surface area contributed by atoms with E-state index in [9.17, 15) is 4.79 Å². The van der Waals surface area contributed by atoms with Gasteiger partial charge in [-0.05, 0) is 61.8 Å². The fraction of sp³-hybridized carbons (Fsp3) is 0.474. The van der Waals surface area contributed by atoms with Gasteiger partial charge in [0, 0.05) is 30.0 Å². The Bertz CT molecular complexity index is 698. The Balaban J connectivity index is 1.46. The van der Waals surface area contributed by atoms with E-state index in [-0.39, 0.29) is 11.8 Å². The van der Waals surface area contributed by atoms with Gasteiger partial charge in [0.2, 0.25) is 5.91 Å². The highest BCUT2D eigenvalue weighted by Crippen LogP contribution is 2.42. The summed E-state index contributed by atoms with van der Waals surface area (Å²) in [6, 6.07) is 9.99. The molecular formula is C19H24N4O. The molecule has 2 atom stereocenters. The zero-order chi connectivity index (χ0) is 16.5. The van der Waals surface area contributed by atoms with Crippen molar-refractivity contribution in [1.29, 1.82) is 0 Å². The molecule has 1 aromatic carbocycles. The monoisotopic (exact) mass is 324 g/mol. The summed E-state index contributed by atoms with van der Waals surface area (Å²) in [5.74, 6) is 1.26. The fourth-order valence-electron chi connectivity index (χ4n) is 4.40. The van der Waals surface area contributed by atoms with E-state index in [1.165, 1.54) is 19.3 Å². The summed E-state index contributed by atoms with van der Waals surface area (Å²) in [4.78, 5) is 12.7. The number of nitrogens with two attached hydrogens (primary N) is 1. The molecule has 2 saturated carbocycles. The molecule has 2 fully saturated rings. The summed E-state index contributed by atoms with van der Waals surface area (Å²) < 4.78 is 1.79. The Labute approximate surface area is 142 Å². The van der Waals surface area contributed by atoms with Crippen LogP contribution in [0.15, 0.2) is 42.7 Å². The van der Waals surface area contributed by atoms with E-state index < -0.39 is 0 Å². The Kier molecular flexibility index (Phi) is 4.10. The molecule has 5 heteroatoms. The number of anilines is 1. The predicted molar refractivity (Wildman–Crippen MR) is 93.7 cm³/mol. The summed E-state index contributed by atoms with van der Waals surface area (Å²) in [5, 5.41) is 7.33. The topological polar surface area (TPSA) is 72.9 Å². The van der Waals surface area contributed by atoms with Gasteiger partial charge in [-0.1, -0.05) is 12.5 Å². The zero-order valence-electron chi connectivity index (χ0n) is 13.8. The van der Waals surface area contributed by atoms with Gasteiger partial charge < -0.3 is 11.1 Å². The molecule has 0 spiro atoms. The lowest BCUT2D eigenvalue weighted by atomic mass is 9.65. The van der Waals surface area contributed by atoms with Crippen LogP contribution in [0, 0.1) is 17.8 Å². The van der Waals surface area contributed by atoms with Gasteiger partial charge in [0.25, 0.3) is 0 Å². The Morgan fingerprint density at radius 2 is 2.00 bits per heavy atom. The lowest BCUT2D eigenvalue weighted by Gasteiger charge is -2.43. The number of carbonyl (C=O) groups is 1. The van der Waals surface area contributed by atoms with Crippen LogP contribution in [0.25, 0.3) is 5.69 Å². The molecule has 2 aliphatic rings. The standard InChI is InChI=1S/C19H24N4O/c20-18-13-4-1-5-14(18)11-15(10-13)19(24)22-16-6-2-7-17(12-16)23-9-3-8-21-23/h2-3,6-9,12-15,18H,1,4-5,10-11,20H2,(H,22,24). The van der Waals surface area contributed by atoms with Gasteiger partial charge in [0.05, 0.1) is 5.69 Å². The Morgan fingerprint density at radius 1 is 1.21 bits per heavy atom. The molecule has 0 radical (unpaired) electrons. The van der Waals surface area contributed by atoms with Gasteiger partial charge in [-0.15, -0.1) is 0 Å². The first-order valence-electron chi connectivity index (χ1n) is 8.87. The smallest absolute Gasteiger partial charge is 0.227 e. The van der Waals surface area contributed by atoms with Crippen molar-refractivity contribution >= 4 is 11.6 Å². The first-order chi connectivity index (χ1) is 11.7. The van der Waals surface area contributed by atoms with E-state index in [4.69, 9.17) is 5.73 Å². The summed E-state index contributed by atoms with van der Waals surface area (Å²) in [7, 11) is 0. The number of fused-ring (bicyclic) bond motifs is 2. The third kappa shape index (κ3) is 2.96. The lowest BCUT2D eigenvalue weighted by molar-refractivity contribution is -0.122. The summed E-state index contributed by atoms with van der Waals surface area (Å²) in [6.07, 6.45) is 9.13. The van der Waals surface area contributed by atoms with Crippen molar-refractivity contribution in [2.75, 3.05) is 5.32 Å². The van der Waals surface area contributed by atoms with Gasteiger partial charge in [-0.3, -0.25) is 4.79 Å². The van der Waals surface area contributed by atoms with Crippen molar-refractivity contribution in [3.8, 4) is 5.69 Å². The maximum Gasteiger partial charge on any atom is 0.227 e. The van der Waals surface area contributed by atoms with Crippen molar-refractivity contribution in [1.82, 2.24) is 9.78 Å². The largest absolute Gasteiger partial charge is 0.327 e. The van der Waals surface area contributed by atoms with Crippen LogP contribution in [-0.4, -0.2) is 21.7 Å². The number of hydrogen-bond donors (Lipinski definition) is 2. The SMILES string of the molecule is NC1C2CCCC1CC(C(=O)Nc1cccc(-n3cccn3)c1)C2. The van der Waals surface area contributed by atoms with E-state index in [0.29, 0.717) is 17.9 Å². The van der Waals surface area contributed by atoms with Crippen molar-refractivity contribution in [3.05, 3.63) is 42.7 Å². The Hall–Kier alpha value is -2.14. The molecule has 2 bridgehead atoms. The summed E-state index contributed by atoms with van der Waals surface area (Å²) in [6.45, 7) is 0. The van der Waals surface area contributed by atoms with Crippen LogP contribution in [-0.2, 0) is 4.79 Å². The number of nitrogens with zero attached hydrogens (tertiary/aromatic N) is 2. The highest BCUT2D eigenvalue weighted by Gasteiger charge is 2.40. The molecular weight excluding hydrogens is 300 g/mol. The summed E-state index contributed by atoms with van der Waals surface area (Å²) >= 11 is 0. The molecule has 3 N–H and O–H groups in total. The van der Waals surface area contributed by atoms with Gasteiger partial charge in [0.1, 0.15) is 0 Å². The number of nitrogens with one attached hydrogen (secondary N) is 1. The number of carbonyl (C=O) groups excluding carboxylic acids is 1. The van der Waals surface area contributed by atoms with Crippen molar-refractivity contribution < 1.29 is 4.79 Å². The first-order valence-corrected chi connectivity index (χ1v) is 8.87. The predicted octanol–water partition coefficient (Wildman–Crippen LogP) is 2.96. The van der Waals surface area contributed by atoms with E-state index >= 15 is 0 Å². The minimum absolute atomic E-state index is 0.0912. The lowest BCUT2D eigenvalue weighted by Crippen LogP contribution is -2.48. The third-order valence-electron chi connectivity index (χ3n) is 5.67. The number of aromatic nitrogens is 2. The molecule has 2 unspecified atom stereocenters. The van der Waals surface area contributed by atoms with Crippen LogP contribution in [0.1, 0.15) is 32.1 Å². The maximum absolute atomic E-state index is 12.7. The minimum atomic E-state index is 0.0912.